The zero-order valence-electron chi connectivity index (χ0n) is 7.28. The van der Waals surface area contributed by atoms with Crippen LogP contribution in [-0.2, 0) is 0 Å². The van der Waals surface area contributed by atoms with Crippen molar-refractivity contribution >= 4 is 6.29 Å². The number of carbonyl (C=O) groups excluding carboxylic acids is 1. The summed E-state index contributed by atoms with van der Waals surface area (Å²) in [4.78, 5) is 21.4. The molecule has 0 atom stereocenters. The zero-order chi connectivity index (χ0) is 9.97. The van der Waals surface area contributed by atoms with Crippen molar-refractivity contribution < 1.29 is 4.79 Å². The molecule has 0 spiro atoms. The van der Waals surface area contributed by atoms with Gasteiger partial charge < -0.3 is 0 Å². The second-order valence-corrected chi connectivity index (χ2v) is 2.92. The summed E-state index contributed by atoms with van der Waals surface area (Å²) in [7, 11) is 0. The molecule has 0 bridgehead atoms. The first-order chi connectivity index (χ1) is 6.79. The number of nitrogens with one attached hydrogen (secondary N) is 2. The standard InChI is InChI=1S/C10H8N2O2/c13-6-7-2-1-3-8(4-7)9-5-10(14)12-11-9/h1-6H,(H2,11,12,14). The Balaban J connectivity index is 2.51. The number of aldehydes is 1. The van der Waals surface area contributed by atoms with E-state index in [-0.39, 0.29) is 5.56 Å². The minimum absolute atomic E-state index is 0.184. The number of hydrogen-bond acceptors (Lipinski definition) is 2. The van der Waals surface area contributed by atoms with Crippen LogP contribution in [0.5, 0.6) is 0 Å². The minimum Gasteiger partial charge on any atom is -0.298 e. The molecule has 2 aromatic rings. The van der Waals surface area contributed by atoms with Crippen LogP contribution in [-0.4, -0.2) is 16.5 Å². The molecule has 0 saturated heterocycles. The van der Waals surface area contributed by atoms with Crippen molar-refractivity contribution in [1.82, 2.24) is 10.2 Å². The SMILES string of the molecule is O=Cc1cccc(-c2cc(=O)[nH][nH]2)c1. The molecule has 14 heavy (non-hydrogen) atoms. The van der Waals surface area contributed by atoms with Crippen LogP contribution in [0.15, 0.2) is 35.1 Å². The van der Waals surface area contributed by atoms with E-state index in [0.29, 0.717) is 11.3 Å². The van der Waals surface area contributed by atoms with Gasteiger partial charge in [0, 0.05) is 17.2 Å². The summed E-state index contributed by atoms with van der Waals surface area (Å²) >= 11 is 0. The van der Waals surface area contributed by atoms with Crippen molar-refractivity contribution in [3.8, 4) is 11.3 Å². The average molecular weight is 188 g/mol. The van der Waals surface area contributed by atoms with Gasteiger partial charge in [0.05, 0.1) is 5.69 Å². The number of aromatic nitrogens is 2. The monoisotopic (exact) mass is 188 g/mol. The number of carbonyl (C=O) groups is 1. The highest BCUT2D eigenvalue weighted by atomic mass is 16.1. The minimum atomic E-state index is -0.184. The third kappa shape index (κ3) is 1.50. The molecule has 2 N–H and O–H groups in total. The molecule has 1 aromatic carbocycles. The van der Waals surface area contributed by atoms with Crippen molar-refractivity contribution in [1.29, 1.82) is 0 Å². The predicted molar refractivity (Wildman–Crippen MR) is 52.2 cm³/mol. The van der Waals surface area contributed by atoms with Crippen LogP contribution in [0.3, 0.4) is 0 Å². The van der Waals surface area contributed by atoms with Gasteiger partial charge in [0.25, 0.3) is 5.56 Å². The molecule has 0 aliphatic heterocycles. The molecule has 2 rings (SSSR count). The zero-order valence-corrected chi connectivity index (χ0v) is 7.28. The maximum atomic E-state index is 10.9. The molecular formula is C10H8N2O2. The van der Waals surface area contributed by atoms with Crippen LogP contribution in [0, 0.1) is 0 Å². The fourth-order valence-electron chi connectivity index (χ4n) is 1.27. The number of benzene rings is 1. The van der Waals surface area contributed by atoms with E-state index in [1.165, 1.54) is 6.07 Å². The number of rotatable bonds is 2. The number of H-pyrrole nitrogens is 2. The van der Waals surface area contributed by atoms with Gasteiger partial charge in [-0.3, -0.25) is 19.8 Å². The lowest BCUT2D eigenvalue weighted by Gasteiger charge is -1.96. The smallest absolute Gasteiger partial charge is 0.264 e. The van der Waals surface area contributed by atoms with E-state index >= 15 is 0 Å². The first-order valence-electron chi connectivity index (χ1n) is 4.13. The van der Waals surface area contributed by atoms with Crippen LogP contribution < -0.4 is 5.56 Å². The van der Waals surface area contributed by atoms with E-state index in [9.17, 15) is 9.59 Å². The topological polar surface area (TPSA) is 65.7 Å². The van der Waals surface area contributed by atoms with Crippen molar-refractivity contribution in [3.63, 3.8) is 0 Å². The second kappa shape index (κ2) is 3.33. The molecule has 4 heteroatoms. The molecular weight excluding hydrogens is 180 g/mol. The van der Waals surface area contributed by atoms with Gasteiger partial charge in [-0.2, -0.15) is 0 Å². The predicted octanol–water partition coefficient (Wildman–Crippen LogP) is 1.18. The summed E-state index contributed by atoms with van der Waals surface area (Å²) in [6.45, 7) is 0. The normalized spacial score (nSPS) is 10.0. The molecule has 1 heterocycles. The molecule has 0 aliphatic carbocycles. The summed E-state index contributed by atoms with van der Waals surface area (Å²) < 4.78 is 0. The molecule has 4 nitrogen and oxygen atoms in total. The maximum absolute atomic E-state index is 10.9. The lowest BCUT2D eigenvalue weighted by molar-refractivity contribution is 0.112. The van der Waals surface area contributed by atoms with E-state index in [1.807, 2.05) is 6.07 Å². The Kier molecular flexibility index (Phi) is 2.02. The average Bonchev–Trinajstić information content (AvgIpc) is 2.65. The van der Waals surface area contributed by atoms with Gasteiger partial charge in [0.15, 0.2) is 0 Å². The quantitative estimate of drug-likeness (QED) is 0.695. The summed E-state index contributed by atoms with van der Waals surface area (Å²) in [5.74, 6) is 0. The Hall–Kier alpha value is -2.10. The Morgan fingerprint density at radius 3 is 2.64 bits per heavy atom. The van der Waals surface area contributed by atoms with E-state index in [2.05, 4.69) is 10.2 Å². The van der Waals surface area contributed by atoms with Crippen LogP contribution in [0.4, 0.5) is 0 Å². The Morgan fingerprint density at radius 1 is 1.14 bits per heavy atom. The number of hydrogen-bond donors (Lipinski definition) is 2. The fourth-order valence-corrected chi connectivity index (χ4v) is 1.27. The molecule has 0 radical (unpaired) electrons. The van der Waals surface area contributed by atoms with Crippen LogP contribution in [0.2, 0.25) is 0 Å². The van der Waals surface area contributed by atoms with Crippen molar-refractivity contribution in [2.45, 2.75) is 0 Å². The third-order valence-corrected chi connectivity index (χ3v) is 1.93. The summed E-state index contributed by atoms with van der Waals surface area (Å²) in [6.07, 6.45) is 0.772. The molecule has 0 saturated carbocycles. The van der Waals surface area contributed by atoms with E-state index in [4.69, 9.17) is 0 Å². The Labute approximate surface area is 79.6 Å². The van der Waals surface area contributed by atoms with Gasteiger partial charge in [-0.05, 0) is 6.07 Å². The molecule has 0 fully saturated rings. The first-order valence-corrected chi connectivity index (χ1v) is 4.13. The van der Waals surface area contributed by atoms with E-state index in [1.54, 1.807) is 18.2 Å². The molecule has 1 aromatic heterocycles. The fraction of sp³-hybridized carbons (Fsp3) is 0. The van der Waals surface area contributed by atoms with Gasteiger partial charge in [0.2, 0.25) is 0 Å². The highest BCUT2D eigenvalue weighted by molar-refractivity contribution is 5.78. The molecule has 0 aliphatic rings. The second-order valence-electron chi connectivity index (χ2n) is 2.92. The van der Waals surface area contributed by atoms with E-state index in [0.717, 1.165) is 11.8 Å². The Bertz CT molecular complexity index is 511. The van der Waals surface area contributed by atoms with Gasteiger partial charge in [-0.15, -0.1) is 0 Å². The van der Waals surface area contributed by atoms with Crippen LogP contribution in [0.1, 0.15) is 10.4 Å². The van der Waals surface area contributed by atoms with Crippen LogP contribution >= 0.6 is 0 Å². The summed E-state index contributed by atoms with van der Waals surface area (Å²) in [5.41, 5.74) is 1.90. The van der Waals surface area contributed by atoms with Crippen molar-refractivity contribution in [2.24, 2.45) is 0 Å². The Morgan fingerprint density at radius 2 is 2.00 bits per heavy atom. The molecule has 70 valence electrons. The maximum Gasteiger partial charge on any atom is 0.264 e. The largest absolute Gasteiger partial charge is 0.298 e. The molecule has 0 unspecified atom stereocenters. The summed E-state index contributed by atoms with van der Waals surface area (Å²) in [6, 6.07) is 8.47. The number of aromatic amines is 2. The van der Waals surface area contributed by atoms with Gasteiger partial charge >= 0.3 is 0 Å². The third-order valence-electron chi connectivity index (χ3n) is 1.93. The van der Waals surface area contributed by atoms with E-state index < -0.39 is 0 Å². The highest BCUT2D eigenvalue weighted by Gasteiger charge is 2.00. The first kappa shape index (κ1) is 8.50. The summed E-state index contributed by atoms with van der Waals surface area (Å²) in [5, 5.41) is 5.16. The highest BCUT2D eigenvalue weighted by Crippen LogP contribution is 2.15. The van der Waals surface area contributed by atoms with Gasteiger partial charge in [0.1, 0.15) is 6.29 Å². The lowest BCUT2D eigenvalue weighted by Crippen LogP contribution is -1.93. The van der Waals surface area contributed by atoms with Gasteiger partial charge in [-0.1, -0.05) is 18.2 Å². The lowest BCUT2D eigenvalue weighted by atomic mass is 10.1. The molecule has 0 amide bonds. The van der Waals surface area contributed by atoms with Crippen molar-refractivity contribution in [3.05, 3.63) is 46.2 Å². The van der Waals surface area contributed by atoms with Crippen LogP contribution in [0.25, 0.3) is 11.3 Å². The van der Waals surface area contributed by atoms with Gasteiger partial charge in [-0.25, -0.2) is 0 Å². The van der Waals surface area contributed by atoms with Crippen molar-refractivity contribution in [2.75, 3.05) is 0 Å².